The number of hydrogen-bond acceptors (Lipinski definition) is 7. The number of methoxy groups -OCH3 is 1. The number of carbonyl (C=O) groups is 3. The van der Waals surface area contributed by atoms with Crippen LogP contribution < -0.4 is 0 Å². The first-order valence-corrected chi connectivity index (χ1v) is 8.86. The molecule has 1 aliphatic heterocycles. The lowest BCUT2D eigenvalue weighted by Crippen LogP contribution is -2.46. The van der Waals surface area contributed by atoms with Crippen molar-refractivity contribution in [3.63, 3.8) is 0 Å². The van der Waals surface area contributed by atoms with Crippen molar-refractivity contribution in [3.05, 3.63) is 0 Å². The Morgan fingerprint density at radius 2 is 1.92 bits per heavy atom. The van der Waals surface area contributed by atoms with E-state index in [9.17, 15) is 14.4 Å². The topological polar surface area (TPSA) is 88.1 Å². The number of rotatable bonds is 6. The van der Waals surface area contributed by atoms with Gasteiger partial charge in [0.25, 0.3) is 0 Å². The average molecular weight is 354 g/mol. The molecule has 7 heteroatoms. The molecule has 0 amide bonds. The quantitative estimate of drug-likeness (QED) is 0.525. The molecule has 2 saturated carbocycles. The van der Waals surface area contributed by atoms with E-state index < -0.39 is 30.1 Å². The van der Waals surface area contributed by atoms with Crippen LogP contribution in [0.4, 0.5) is 0 Å². The van der Waals surface area contributed by atoms with Crippen LogP contribution >= 0.6 is 0 Å². The highest BCUT2D eigenvalue weighted by atomic mass is 16.6. The highest BCUT2D eigenvalue weighted by Gasteiger charge is 2.65. The Bertz CT molecular complexity index is 570. The van der Waals surface area contributed by atoms with Crippen molar-refractivity contribution >= 4 is 17.9 Å². The minimum atomic E-state index is -0.628. The maximum Gasteiger partial charge on any atom is 0.344 e. The van der Waals surface area contributed by atoms with Gasteiger partial charge >= 0.3 is 17.9 Å². The van der Waals surface area contributed by atoms with E-state index in [4.69, 9.17) is 18.9 Å². The fourth-order valence-corrected chi connectivity index (χ4v) is 4.39. The van der Waals surface area contributed by atoms with Crippen LogP contribution in [0.1, 0.15) is 33.6 Å². The SMILES string of the molecule is CCC(C)(C)C(=O)OCC(=O)OC1C2CC(C1OC)C1C(=O)OCC21. The Balaban J connectivity index is 1.58. The van der Waals surface area contributed by atoms with Gasteiger partial charge in [0.05, 0.1) is 24.0 Å². The predicted octanol–water partition coefficient (Wildman–Crippen LogP) is 1.33. The molecule has 6 unspecified atom stereocenters. The lowest BCUT2D eigenvalue weighted by Gasteiger charge is -2.34. The van der Waals surface area contributed by atoms with E-state index in [2.05, 4.69) is 0 Å². The third-order valence-corrected chi connectivity index (χ3v) is 6.17. The number of hydrogen-bond donors (Lipinski definition) is 0. The molecule has 3 fully saturated rings. The molecule has 0 aromatic carbocycles. The van der Waals surface area contributed by atoms with E-state index in [0.29, 0.717) is 13.0 Å². The van der Waals surface area contributed by atoms with E-state index in [-0.39, 0.29) is 35.7 Å². The van der Waals surface area contributed by atoms with E-state index in [1.54, 1.807) is 21.0 Å². The van der Waals surface area contributed by atoms with Gasteiger partial charge < -0.3 is 18.9 Å². The first-order valence-electron chi connectivity index (χ1n) is 8.86. The lowest BCUT2D eigenvalue weighted by atomic mass is 9.78. The van der Waals surface area contributed by atoms with Crippen molar-refractivity contribution in [2.45, 2.75) is 45.8 Å². The van der Waals surface area contributed by atoms with Gasteiger partial charge in [-0.3, -0.25) is 9.59 Å². The Morgan fingerprint density at radius 1 is 1.20 bits per heavy atom. The number of fused-ring (bicyclic) bond motifs is 5. The largest absolute Gasteiger partial charge is 0.465 e. The monoisotopic (exact) mass is 354 g/mol. The van der Waals surface area contributed by atoms with E-state index in [0.717, 1.165) is 6.42 Å². The molecule has 0 aromatic rings. The minimum Gasteiger partial charge on any atom is -0.465 e. The standard InChI is InChI=1S/C18H26O7/c1-5-18(2,3)17(21)24-8-12(19)25-15-9-6-10(14(15)22-4)13-11(9)7-23-16(13)20/h9-11,13-15H,5-8H2,1-4H3. The lowest BCUT2D eigenvalue weighted by molar-refractivity contribution is -0.176. The van der Waals surface area contributed by atoms with E-state index in [1.165, 1.54) is 0 Å². The number of carbonyl (C=O) groups excluding carboxylic acids is 3. The molecule has 0 aromatic heterocycles. The second-order valence-electron chi connectivity index (χ2n) is 7.85. The Labute approximate surface area is 147 Å². The summed E-state index contributed by atoms with van der Waals surface area (Å²) in [7, 11) is 1.56. The van der Waals surface area contributed by atoms with Gasteiger partial charge in [0.15, 0.2) is 6.61 Å². The van der Waals surface area contributed by atoms with Crippen LogP contribution in [0.25, 0.3) is 0 Å². The second kappa shape index (κ2) is 6.59. The summed E-state index contributed by atoms with van der Waals surface area (Å²) in [5, 5.41) is 0. The average Bonchev–Trinajstić information content (AvgIpc) is 3.24. The van der Waals surface area contributed by atoms with Gasteiger partial charge in [-0.25, -0.2) is 4.79 Å². The van der Waals surface area contributed by atoms with Gasteiger partial charge in [0.1, 0.15) is 6.10 Å². The zero-order valence-electron chi connectivity index (χ0n) is 15.2. The summed E-state index contributed by atoms with van der Waals surface area (Å²) in [6.45, 7) is 5.41. The summed E-state index contributed by atoms with van der Waals surface area (Å²) >= 11 is 0. The first kappa shape index (κ1) is 18.2. The number of ether oxygens (including phenoxy) is 4. The van der Waals surface area contributed by atoms with E-state index in [1.807, 2.05) is 6.92 Å². The third kappa shape index (κ3) is 3.03. The second-order valence-corrected chi connectivity index (χ2v) is 7.85. The van der Waals surface area contributed by atoms with Crippen molar-refractivity contribution in [1.82, 2.24) is 0 Å². The normalized spacial score (nSPS) is 36.1. The Morgan fingerprint density at radius 3 is 2.56 bits per heavy atom. The molecular formula is C18H26O7. The van der Waals surface area contributed by atoms with Crippen molar-refractivity contribution in [3.8, 4) is 0 Å². The maximum atomic E-state index is 12.2. The van der Waals surface area contributed by atoms with Crippen LogP contribution in [0.15, 0.2) is 0 Å². The molecule has 6 atom stereocenters. The van der Waals surface area contributed by atoms with Crippen LogP contribution in [0.2, 0.25) is 0 Å². The van der Waals surface area contributed by atoms with Crippen LogP contribution in [0.5, 0.6) is 0 Å². The zero-order chi connectivity index (χ0) is 18.4. The molecule has 7 nitrogen and oxygen atoms in total. The molecule has 0 radical (unpaired) electrons. The molecule has 0 N–H and O–H groups in total. The van der Waals surface area contributed by atoms with Crippen LogP contribution in [0.3, 0.4) is 0 Å². The van der Waals surface area contributed by atoms with E-state index >= 15 is 0 Å². The van der Waals surface area contributed by atoms with Gasteiger partial charge in [-0.15, -0.1) is 0 Å². The number of cyclic esters (lactones) is 1. The van der Waals surface area contributed by atoms with Crippen LogP contribution in [-0.4, -0.2) is 50.4 Å². The summed E-state index contributed by atoms with van der Waals surface area (Å²) in [5.41, 5.74) is -0.628. The number of esters is 3. The Hall–Kier alpha value is -1.63. The first-order chi connectivity index (χ1) is 11.8. The van der Waals surface area contributed by atoms with Crippen LogP contribution in [0, 0.1) is 29.1 Å². The highest BCUT2D eigenvalue weighted by molar-refractivity contribution is 5.80. The summed E-state index contributed by atoms with van der Waals surface area (Å²) in [5.74, 6) is -1.15. The van der Waals surface area contributed by atoms with Crippen LogP contribution in [-0.2, 0) is 33.3 Å². The summed E-state index contributed by atoms with van der Waals surface area (Å²) in [4.78, 5) is 36.0. The summed E-state index contributed by atoms with van der Waals surface area (Å²) in [6.07, 6.45) is 0.680. The minimum absolute atomic E-state index is 0.0226. The van der Waals surface area contributed by atoms with Gasteiger partial charge in [-0.1, -0.05) is 6.92 Å². The third-order valence-electron chi connectivity index (χ3n) is 6.17. The molecule has 140 valence electrons. The van der Waals surface area contributed by atoms with Crippen molar-refractivity contribution in [2.24, 2.45) is 29.1 Å². The Kier molecular flexibility index (Phi) is 4.79. The highest BCUT2D eigenvalue weighted by Crippen LogP contribution is 2.56. The van der Waals surface area contributed by atoms with Crippen molar-refractivity contribution in [1.29, 1.82) is 0 Å². The molecule has 25 heavy (non-hydrogen) atoms. The zero-order valence-corrected chi connectivity index (χ0v) is 15.2. The summed E-state index contributed by atoms with van der Waals surface area (Å²) in [6, 6.07) is 0. The molecule has 0 spiro atoms. The fourth-order valence-electron chi connectivity index (χ4n) is 4.39. The predicted molar refractivity (Wildman–Crippen MR) is 85.2 cm³/mol. The van der Waals surface area contributed by atoms with Gasteiger partial charge in [-0.05, 0) is 26.7 Å². The summed E-state index contributed by atoms with van der Waals surface area (Å²) < 4.78 is 21.4. The fraction of sp³-hybridized carbons (Fsp3) is 0.833. The van der Waals surface area contributed by atoms with Crippen molar-refractivity contribution < 1.29 is 33.3 Å². The molecule has 2 aliphatic carbocycles. The molecule has 2 bridgehead atoms. The van der Waals surface area contributed by atoms with Crippen molar-refractivity contribution in [2.75, 3.05) is 20.3 Å². The molecule has 1 heterocycles. The molecule has 3 aliphatic rings. The van der Waals surface area contributed by atoms with Gasteiger partial charge in [-0.2, -0.15) is 0 Å². The molecule has 1 saturated heterocycles. The van der Waals surface area contributed by atoms with Gasteiger partial charge in [0.2, 0.25) is 0 Å². The maximum absolute atomic E-state index is 12.2. The smallest absolute Gasteiger partial charge is 0.344 e. The molecular weight excluding hydrogens is 328 g/mol. The molecule has 3 rings (SSSR count). The van der Waals surface area contributed by atoms with Gasteiger partial charge in [0, 0.05) is 24.9 Å².